The normalized spacial score (nSPS) is 21.7. The second-order valence-corrected chi connectivity index (χ2v) is 9.59. The van der Waals surface area contributed by atoms with Crippen molar-refractivity contribution >= 4 is 46.7 Å². The van der Waals surface area contributed by atoms with E-state index in [4.69, 9.17) is 0 Å². The molecule has 6 heteroatoms. The summed E-state index contributed by atoms with van der Waals surface area (Å²) in [6.45, 7) is 1.98. The number of fused-ring (bicyclic) bond motifs is 1. The molecule has 4 rings (SSSR count). The highest BCUT2D eigenvalue weighted by molar-refractivity contribution is 8.07. The van der Waals surface area contributed by atoms with Crippen molar-refractivity contribution in [1.29, 1.82) is 0 Å². The Bertz CT molecular complexity index is 880. The lowest BCUT2D eigenvalue weighted by Crippen LogP contribution is -2.53. The number of hydrogen-bond donors (Lipinski definition) is 1. The molecule has 0 spiro atoms. The number of carbonyl (C=O) groups excluding carboxylic acids is 2. The van der Waals surface area contributed by atoms with Gasteiger partial charge in [0.25, 0.3) is 0 Å². The number of nitrogens with one attached hydrogen (secondary N) is 1. The topological polar surface area (TPSA) is 49.4 Å². The smallest absolute Gasteiger partial charge is 0.247 e. The first-order valence-corrected chi connectivity index (χ1v) is 11.8. The maximum Gasteiger partial charge on any atom is 0.247 e. The molecule has 1 N–H and O–H groups in total. The van der Waals surface area contributed by atoms with E-state index in [0.717, 1.165) is 46.2 Å². The van der Waals surface area contributed by atoms with Crippen LogP contribution in [0.2, 0.25) is 0 Å². The number of para-hydroxylation sites is 2. The van der Waals surface area contributed by atoms with Gasteiger partial charge in [-0.2, -0.15) is 11.8 Å². The molecule has 2 aliphatic heterocycles. The number of anilines is 2. The van der Waals surface area contributed by atoms with E-state index in [1.807, 2.05) is 61.2 Å². The van der Waals surface area contributed by atoms with Crippen molar-refractivity contribution in [1.82, 2.24) is 0 Å². The van der Waals surface area contributed by atoms with Crippen LogP contribution < -0.4 is 10.2 Å². The van der Waals surface area contributed by atoms with Crippen molar-refractivity contribution in [2.75, 3.05) is 27.5 Å². The zero-order chi connectivity index (χ0) is 19.5. The molecular formula is C22H24N2O2S2. The summed E-state index contributed by atoms with van der Waals surface area (Å²) in [6.07, 6.45) is 1.45. The lowest BCUT2D eigenvalue weighted by atomic mass is 9.94. The van der Waals surface area contributed by atoms with E-state index in [-0.39, 0.29) is 17.1 Å². The van der Waals surface area contributed by atoms with Gasteiger partial charge in [0.05, 0.1) is 5.25 Å². The summed E-state index contributed by atoms with van der Waals surface area (Å²) in [7, 11) is 0. The van der Waals surface area contributed by atoms with Crippen LogP contribution in [-0.2, 0) is 16.0 Å². The Kier molecular flexibility index (Phi) is 5.97. The van der Waals surface area contributed by atoms with Gasteiger partial charge in [-0.3, -0.25) is 14.5 Å². The number of carbonyl (C=O) groups is 2. The second kappa shape index (κ2) is 8.62. The van der Waals surface area contributed by atoms with E-state index >= 15 is 0 Å². The third kappa shape index (κ3) is 3.94. The fourth-order valence-corrected chi connectivity index (χ4v) is 6.38. The van der Waals surface area contributed by atoms with Crippen LogP contribution in [0.3, 0.4) is 0 Å². The summed E-state index contributed by atoms with van der Waals surface area (Å²) in [6, 6.07) is 15.3. The first-order chi connectivity index (χ1) is 13.6. The first kappa shape index (κ1) is 19.4. The monoisotopic (exact) mass is 412 g/mol. The van der Waals surface area contributed by atoms with E-state index in [1.165, 1.54) is 0 Å². The molecule has 0 radical (unpaired) electrons. The van der Waals surface area contributed by atoms with E-state index in [1.54, 1.807) is 16.7 Å². The van der Waals surface area contributed by atoms with Crippen molar-refractivity contribution in [2.45, 2.75) is 31.1 Å². The van der Waals surface area contributed by atoms with Crippen LogP contribution in [-0.4, -0.2) is 40.4 Å². The summed E-state index contributed by atoms with van der Waals surface area (Å²) >= 11 is 3.54. The minimum absolute atomic E-state index is 0.0642. The minimum atomic E-state index is -0.477. The highest BCUT2D eigenvalue weighted by atomic mass is 32.2. The largest absolute Gasteiger partial charge is 0.324 e. The molecule has 146 valence electrons. The van der Waals surface area contributed by atoms with Crippen molar-refractivity contribution in [3.05, 3.63) is 59.7 Å². The van der Waals surface area contributed by atoms with Crippen LogP contribution in [0, 0.1) is 6.92 Å². The number of rotatable bonds is 3. The van der Waals surface area contributed by atoms with Crippen LogP contribution in [0.5, 0.6) is 0 Å². The molecule has 1 saturated heterocycles. The van der Waals surface area contributed by atoms with E-state index < -0.39 is 6.04 Å². The van der Waals surface area contributed by atoms with Gasteiger partial charge in [-0.25, -0.2) is 0 Å². The Morgan fingerprint density at radius 3 is 2.64 bits per heavy atom. The average Bonchev–Trinajstić information content (AvgIpc) is 2.74. The van der Waals surface area contributed by atoms with Gasteiger partial charge in [-0.1, -0.05) is 36.4 Å². The summed E-state index contributed by atoms with van der Waals surface area (Å²) < 4.78 is 0. The predicted molar refractivity (Wildman–Crippen MR) is 119 cm³/mol. The number of nitrogens with zero attached hydrogens (tertiary/aromatic N) is 1. The molecule has 4 nitrogen and oxygen atoms in total. The van der Waals surface area contributed by atoms with Gasteiger partial charge in [0.15, 0.2) is 0 Å². The number of amides is 2. The van der Waals surface area contributed by atoms with Gasteiger partial charge in [-0.05, 0) is 43.0 Å². The van der Waals surface area contributed by atoms with Gasteiger partial charge in [0, 0.05) is 28.6 Å². The van der Waals surface area contributed by atoms with Gasteiger partial charge < -0.3 is 5.32 Å². The quantitative estimate of drug-likeness (QED) is 0.824. The highest BCUT2D eigenvalue weighted by Crippen LogP contribution is 2.35. The third-order valence-electron chi connectivity index (χ3n) is 5.28. The zero-order valence-corrected chi connectivity index (χ0v) is 17.5. The molecular weight excluding hydrogens is 388 g/mol. The molecule has 28 heavy (non-hydrogen) atoms. The van der Waals surface area contributed by atoms with Crippen LogP contribution in [0.1, 0.15) is 17.5 Å². The second-order valence-electron chi connectivity index (χ2n) is 7.13. The lowest BCUT2D eigenvalue weighted by molar-refractivity contribution is -0.123. The molecule has 0 aliphatic carbocycles. The van der Waals surface area contributed by atoms with Crippen molar-refractivity contribution in [2.24, 2.45) is 0 Å². The lowest BCUT2D eigenvalue weighted by Gasteiger charge is -2.38. The molecule has 2 aromatic carbocycles. The first-order valence-electron chi connectivity index (χ1n) is 9.62. The number of benzene rings is 2. The van der Waals surface area contributed by atoms with E-state index in [9.17, 15) is 9.59 Å². The maximum atomic E-state index is 13.5. The SMILES string of the molecule is Cc1ccccc1NC(=O)C1CCc2ccccc2N1C(=O)C1CSCCS1. The summed E-state index contributed by atoms with van der Waals surface area (Å²) in [5.74, 6) is 2.84. The summed E-state index contributed by atoms with van der Waals surface area (Å²) in [5.41, 5.74) is 3.86. The Morgan fingerprint density at radius 2 is 1.86 bits per heavy atom. The number of thioether (sulfide) groups is 2. The minimum Gasteiger partial charge on any atom is -0.324 e. The Hall–Kier alpha value is -1.92. The van der Waals surface area contributed by atoms with E-state index in [2.05, 4.69) is 11.4 Å². The van der Waals surface area contributed by atoms with Crippen LogP contribution in [0.25, 0.3) is 0 Å². The molecule has 2 heterocycles. The highest BCUT2D eigenvalue weighted by Gasteiger charge is 2.39. The Labute approximate surface area is 174 Å². The van der Waals surface area contributed by atoms with Gasteiger partial charge in [-0.15, -0.1) is 11.8 Å². The molecule has 2 aromatic rings. The van der Waals surface area contributed by atoms with Crippen LogP contribution in [0.4, 0.5) is 11.4 Å². The number of hydrogen-bond acceptors (Lipinski definition) is 4. The molecule has 0 aromatic heterocycles. The fourth-order valence-electron chi connectivity index (χ4n) is 3.78. The standard InChI is InChI=1S/C22H24N2O2S2/c1-15-6-2-4-8-17(15)23-21(25)19-11-10-16-7-3-5-9-18(16)24(19)22(26)20-14-27-12-13-28-20/h2-9,19-20H,10-14H2,1H3,(H,23,25). The van der Waals surface area contributed by atoms with Crippen LogP contribution in [0.15, 0.2) is 48.5 Å². The summed E-state index contributed by atoms with van der Waals surface area (Å²) in [4.78, 5) is 28.4. The van der Waals surface area contributed by atoms with Crippen molar-refractivity contribution < 1.29 is 9.59 Å². The Morgan fingerprint density at radius 1 is 1.07 bits per heavy atom. The van der Waals surface area contributed by atoms with Crippen molar-refractivity contribution in [3.8, 4) is 0 Å². The van der Waals surface area contributed by atoms with E-state index in [0.29, 0.717) is 6.42 Å². The molecule has 2 aliphatic rings. The van der Waals surface area contributed by atoms with Gasteiger partial charge in [0.1, 0.15) is 6.04 Å². The molecule has 0 saturated carbocycles. The van der Waals surface area contributed by atoms with Crippen molar-refractivity contribution in [3.63, 3.8) is 0 Å². The third-order valence-corrected chi connectivity index (χ3v) is 8.03. The van der Waals surface area contributed by atoms with Crippen LogP contribution >= 0.6 is 23.5 Å². The zero-order valence-electron chi connectivity index (χ0n) is 15.9. The molecule has 1 fully saturated rings. The Balaban J connectivity index is 1.64. The van der Waals surface area contributed by atoms with Gasteiger partial charge >= 0.3 is 0 Å². The molecule has 2 amide bonds. The maximum absolute atomic E-state index is 13.5. The summed E-state index contributed by atoms with van der Waals surface area (Å²) in [5, 5.41) is 2.97. The molecule has 0 bridgehead atoms. The average molecular weight is 413 g/mol. The molecule has 2 atom stereocenters. The predicted octanol–water partition coefficient (Wildman–Crippen LogP) is 4.13. The fraction of sp³-hybridized carbons (Fsp3) is 0.364. The number of aryl methyl sites for hydroxylation is 2. The molecule has 2 unspecified atom stereocenters. The van der Waals surface area contributed by atoms with Gasteiger partial charge in [0.2, 0.25) is 11.8 Å².